The normalized spacial score (nSPS) is 10.0. The molecule has 0 fully saturated rings. The quantitative estimate of drug-likeness (QED) is 0.287. The molecule has 0 aliphatic carbocycles. The number of ketones is 1. The van der Waals surface area contributed by atoms with Crippen LogP contribution in [0.25, 0.3) is 0 Å². The van der Waals surface area contributed by atoms with Gasteiger partial charge in [0.15, 0.2) is 5.78 Å². The first-order valence-corrected chi connectivity index (χ1v) is 10.9. The Morgan fingerprint density at radius 2 is 1.03 bits per heavy atom. The van der Waals surface area contributed by atoms with E-state index in [0.717, 1.165) is 0 Å². The molecule has 0 aliphatic heterocycles. The Bertz CT molecular complexity index is 766. The van der Waals surface area contributed by atoms with Crippen LogP contribution < -0.4 is 26.6 Å². The number of aryl methyl sites for hydroxylation is 1. The highest BCUT2D eigenvalue weighted by molar-refractivity contribution is 5.91. The van der Waals surface area contributed by atoms with Crippen LogP contribution in [-0.4, -0.2) is 68.2 Å². The number of carbonyl (C=O) groups is 5. The lowest BCUT2D eigenvalue weighted by Gasteiger charge is -2.10. The summed E-state index contributed by atoms with van der Waals surface area (Å²) in [5.41, 5.74) is 1.32. The highest BCUT2D eigenvalue weighted by atomic mass is 16.2. The van der Waals surface area contributed by atoms with Crippen molar-refractivity contribution in [2.45, 2.75) is 40.7 Å². The smallest absolute Gasteiger partial charge is 0.239 e. The molecule has 0 radical (unpaired) electrons. The number of rotatable bonds is 12. The minimum Gasteiger partial charge on any atom is -0.347 e. The SMILES string of the molecule is CC(C)NCC(=O)NCC(=O)NCC(=O)NCC(=O)NCC(=O)C(C)C.Cc1ccccc1. The van der Waals surface area contributed by atoms with Crippen LogP contribution in [0.5, 0.6) is 0 Å². The fourth-order valence-electron chi connectivity index (χ4n) is 2.01. The summed E-state index contributed by atoms with van der Waals surface area (Å²) in [4.78, 5) is 57.3. The first-order chi connectivity index (χ1) is 15.5. The first-order valence-electron chi connectivity index (χ1n) is 10.9. The van der Waals surface area contributed by atoms with E-state index in [9.17, 15) is 24.0 Å². The molecular weight excluding hydrogens is 426 g/mol. The van der Waals surface area contributed by atoms with Gasteiger partial charge in [-0.15, -0.1) is 0 Å². The molecule has 0 aliphatic rings. The number of benzene rings is 1. The highest BCUT2D eigenvalue weighted by Crippen LogP contribution is 1.92. The predicted molar refractivity (Wildman–Crippen MR) is 126 cm³/mol. The molecule has 4 amide bonds. The third-order valence-corrected chi connectivity index (χ3v) is 4.05. The van der Waals surface area contributed by atoms with Crippen LogP contribution in [0, 0.1) is 12.8 Å². The molecular formula is C23H37N5O5. The Morgan fingerprint density at radius 3 is 1.36 bits per heavy atom. The lowest BCUT2D eigenvalue weighted by molar-refractivity contribution is -0.129. The molecule has 0 saturated carbocycles. The summed E-state index contributed by atoms with van der Waals surface area (Å²) in [5, 5.41) is 12.3. The van der Waals surface area contributed by atoms with E-state index < -0.39 is 17.7 Å². The largest absolute Gasteiger partial charge is 0.347 e. The van der Waals surface area contributed by atoms with Crippen LogP contribution in [0.4, 0.5) is 0 Å². The summed E-state index contributed by atoms with van der Waals surface area (Å²) in [6.45, 7) is 8.46. The fourth-order valence-corrected chi connectivity index (χ4v) is 2.01. The molecule has 0 atom stereocenters. The molecule has 1 aromatic carbocycles. The van der Waals surface area contributed by atoms with Crippen LogP contribution in [-0.2, 0) is 24.0 Å². The molecule has 0 aromatic heterocycles. The van der Waals surface area contributed by atoms with Crippen LogP contribution in [0.1, 0.15) is 33.3 Å². The molecule has 0 heterocycles. The third kappa shape index (κ3) is 18.0. The fraction of sp³-hybridized carbons (Fsp3) is 0.522. The van der Waals surface area contributed by atoms with Crippen molar-refractivity contribution in [2.24, 2.45) is 5.92 Å². The van der Waals surface area contributed by atoms with E-state index >= 15 is 0 Å². The van der Waals surface area contributed by atoms with Gasteiger partial charge in [0.2, 0.25) is 23.6 Å². The molecule has 0 spiro atoms. The summed E-state index contributed by atoms with van der Waals surface area (Å²) in [5.74, 6) is -2.19. The summed E-state index contributed by atoms with van der Waals surface area (Å²) in [7, 11) is 0. The van der Waals surface area contributed by atoms with Gasteiger partial charge in [-0.25, -0.2) is 0 Å². The van der Waals surface area contributed by atoms with Gasteiger partial charge in [0.05, 0.1) is 32.7 Å². The number of carbonyl (C=O) groups excluding carboxylic acids is 5. The molecule has 0 saturated heterocycles. The zero-order valence-corrected chi connectivity index (χ0v) is 20.1. The number of hydrogen-bond donors (Lipinski definition) is 5. The van der Waals surface area contributed by atoms with Gasteiger partial charge in [-0.1, -0.05) is 63.6 Å². The van der Waals surface area contributed by atoms with E-state index in [2.05, 4.69) is 45.6 Å². The van der Waals surface area contributed by atoms with E-state index in [1.54, 1.807) is 13.8 Å². The predicted octanol–water partition coefficient (Wildman–Crippen LogP) is -0.331. The molecule has 5 N–H and O–H groups in total. The van der Waals surface area contributed by atoms with Crippen molar-refractivity contribution < 1.29 is 24.0 Å². The van der Waals surface area contributed by atoms with E-state index in [4.69, 9.17) is 0 Å². The molecule has 0 bridgehead atoms. The third-order valence-electron chi connectivity index (χ3n) is 4.05. The highest BCUT2D eigenvalue weighted by Gasteiger charge is 2.11. The average molecular weight is 464 g/mol. The Labute approximate surface area is 195 Å². The minimum atomic E-state index is -0.559. The summed E-state index contributed by atoms with van der Waals surface area (Å²) < 4.78 is 0. The maximum Gasteiger partial charge on any atom is 0.239 e. The topological polar surface area (TPSA) is 146 Å². The Hall–Kier alpha value is -3.27. The van der Waals surface area contributed by atoms with E-state index in [0.29, 0.717) is 0 Å². The Balaban J connectivity index is 0.00000123. The number of nitrogens with one attached hydrogen (secondary N) is 5. The van der Waals surface area contributed by atoms with E-state index in [1.165, 1.54) is 5.56 Å². The second-order valence-corrected chi connectivity index (χ2v) is 7.92. The van der Waals surface area contributed by atoms with Crippen LogP contribution in [0.2, 0.25) is 0 Å². The maximum atomic E-state index is 11.5. The lowest BCUT2D eigenvalue weighted by Crippen LogP contribution is -2.46. The average Bonchev–Trinajstić information content (AvgIpc) is 2.77. The Morgan fingerprint density at radius 1 is 0.636 bits per heavy atom. The summed E-state index contributed by atoms with van der Waals surface area (Å²) in [6, 6.07) is 10.4. The van der Waals surface area contributed by atoms with E-state index in [-0.39, 0.29) is 56.4 Å². The molecule has 1 rings (SSSR count). The van der Waals surface area contributed by atoms with Gasteiger partial charge in [-0.2, -0.15) is 0 Å². The van der Waals surface area contributed by atoms with Gasteiger partial charge in [0.25, 0.3) is 0 Å². The van der Waals surface area contributed by atoms with Gasteiger partial charge in [-0.05, 0) is 6.92 Å². The zero-order valence-electron chi connectivity index (χ0n) is 20.1. The molecule has 184 valence electrons. The van der Waals surface area contributed by atoms with Crippen molar-refractivity contribution in [1.29, 1.82) is 0 Å². The minimum absolute atomic E-state index is 0.0888. The van der Waals surface area contributed by atoms with Gasteiger partial charge in [0, 0.05) is 12.0 Å². The maximum absolute atomic E-state index is 11.5. The van der Waals surface area contributed by atoms with Crippen molar-refractivity contribution >= 4 is 29.4 Å². The van der Waals surface area contributed by atoms with Crippen molar-refractivity contribution in [2.75, 3.05) is 32.7 Å². The summed E-state index contributed by atoms with van der Waals surface area (Å²) >= 11 is 0. The van der Waals surface area contributed by atoms with Crippen molar-refractivity contribution in [3.63, 3.8) is 0 Å². The van der Waals surface area contributed by atoms with Crippen molar-refractivity contribution in [1.82, 2.24) is 26.6 Å². The molecule has 10 heteroatoms. The summed E-state index contributed by atoms with van der Waals surface area (Å²) in [6.07, 6.45) is 0. The van der Waals surface area contributed by atoms with Crippen molar-refractivity contribution in [3.05, 3.63) is 35.9 Å². The zero-order chi connectivity index (χ0) is 25.2. The Kier molecular flexibility index (Phi) is 15.6. The van der Waals surface area contributed by atoms with Gasteiger partial charge in [-0.3, -0.25) is 24.0 Å². The molecule has 33 heavy (non-hydrogen) atoms. The molecule has 1 aromatic rings. The standard InChI is InChI=1S/C16H29N5O5.C7H8/c1-10(2)12(22)5-18-14(24)7-20-16(26)9-21-15(25)8-19-13(23)6-17-11(3)4;1-7-5-3-2-4-6-7/h10-11,17H,5-9H2,1-4H3,(H,18,24)(H,19,23)(H,20,26)(H,21,25);2-6H,1H3. The van der Waals surface area contributed by atoms with Gasteiger partial charge in [0.1, 0.15) is 0 Å². The number of hydrogen-bond acceptors (Lipinski definition) is 6. The van der Waals surface area contributed by atoms with Gasteiger partial charge < -0.3 is 26.6 Å². The first kappa shape index (κ1) is 29.7. The second kappa shape index (κ2) is 17.3. The monoisotopic (exact) mass is 463 g/mol. The van der Waals surface area contributed by atoms with Gasteiger partial charge >= 0.3 is 0 Å². The lowest BCUT2D eigenvalue weighted by atomic mass is 10.1. The number of Topliss-reactive ketones (excluding diaryl/α,β-unsaturated/α-hetero) is 1. The van der Waals surface area contributed by atoms with Crippen LogP contribution >= 0.6 is 0 Å². The van der Waals surface area contributed by atoms with Crippen LogP contribution in [0.3, 0.4) is 0 Å². The van der Waals surface area contributed by atoms with Crippen molar-refractivity contribution in [3.8, 4) is 0 Å². The van der Waals surface area contributed by atoms with Crippen LogP contribution in [0.15, 0.2) is 30.3 Å². The molecule has 0 unspecified atom stereocenters. The second-order valence-electron chi connectivity index (χ2n) is 7.92. The number of amides is 4. The molecule has 10 nitrogen and oxygen atoms in total. The van der Waals surface area contributed by atoms with E-state index in [1.807, 2.05) is 32.0 Å².